The molecule has 0 fully saturated rings. The minimum absolute atomic E-state index is 0.159. The molecule has 0 atom stereocenters. The zero-order valence-electron chi connectivity index (χ0n) is 9.73. The monoisotopic (exact) mass is 383 g/mol. The van der Waals surface area contributed by atoms with Crippen LogP contribution in [0.4, 0.5) is 14.5 Å². The summed E-state index contributed by atoms with van der Waals surface area (Å²) in [7, 11) is -4.11. The summed E-state index contributed by atoms with van der Waals surface area (Å²) in [6, 6.07) is 3.14. The van der Waals surface area contributed by atoms with Crippen LogP contribution in [0.1, 0.15) is 4.88 Å². The molecule has 108 valence electrons. The molecule has 1 aromatic heterocycles. The van der Waals surface area contributed by atoms with Crippen molar-refractivity contribution in [3.8, 4) is 0 Å². The maximum atomic E-state index is 13.6. The van der Waals surface area contributed by atoms with Gasteiger partial charge >= 0.3 is 0 Å². The molecule has 0 spiro atoms. The average molecular weight is 384 g/mol. The summed E-state index contributed by atoms with van der Waals surface area (Å²) in [6.45, 7) is -0.304. The van der Waals surface area contributed by atoms with Gasteiger partial charge in [0.25, 0.3) is 10.0 Å². The fraction of sp³-hybridized carbons (Fsp3) is 0.0909. The van der Waals surface area contributed by atoms with Crippen molar-refractivity contribution in [1.82, 2.24) is 0 Å². The van der Waals surface area contributed by atoms with Crippen LogP contribution in [0.2, 0.25) is 0 Å². The lowest BCUT2D eigenvalue weighted by atomic mass is 10.3. The molecule has 0 amide bonds. The van der Waals surface area contributed by atoms with E-state index >= 15 is 0 Å². The van der Waals surface area contributed by atoms with E-state index in [1.807, 2.05) is 4.72 Å². The van der Waals surface area contributed by atoms with Gasteiger partial charge in [0.15, 0.2) is 11.6 Å². The maximum absolute atomic E-state index is 13.6. The van der Waals surface area contributed by atoms with Gasteiger partial charge in [-0.25, -0.2) is 17.2 Å². The molecule has 2 aromatic rings. The van der Waals surface area contributed by atoms with Crippen molar-refractivity contribution in [2.45, 2.75) is 11.5 Å². The average Bonchev–Trinajstić information content (AvgIpc) is 2.83. The molecule has 2 rings (SSSR count). The Bertz CT molecular complexity index is 723. The summed E-state index contributed by atoms with van der Waals surface area (Å²) in [5, 5.41) is 10.2. The van der Waals surface area contributed by atoms with E-state index in [9.17, 15) is 17.2 Å². The number of rotatable bonds is 4. The minimum atomic E-state index is -4.11. The Morgan fingerprint density at radius 3 is 2.35 bits per heavy atom. The Labute approximate surface area is 126 Å². The van der Waals surface area contributed by atoms with Crippen LogP contribution in [0.5, 0.6) is 0 Å². The number of aliphatic hydroxyl groups is 1. The van der Waals surface area contributed by atoms with Gasteiger partial charge in [0.05, 0.1) is 11.5 Å². The highest BCUT2D eigenvalue weighted by molar-refractivity contribution is 9.10. The van der Waals surface area contributed by atoms with Crippen LogP contribution in [-0.4, -0.2) is 13.5 Å². The van der Waals surface area contributed by atoms with E-state index in [0.29, 0.717) is 4.88 Å². The maximum Gasteiger partial charge on any atom is 0.262 e. The molecule has 1 heterocycles. The molecule has 0 saturated carbocycles. The van der Waals surface area contributed by atoms with Crippen molar-refractivity contribution in [3.63, 3.8) is 0 Å². The van der Waals surface area contributed by atoms with Crippen LogP contribution < -0.4 is 4.72 Å². The summed E-state index contributed by atoms with van der Waals surface area (Å²) in [5.74, 6) is -2.06. The van der Waals surface area contributed by atoms with Gasteiger partial charge in [-0.05, 0) is 18.2 Å². The van der Waals surface area contributed by atoms with Gasteiger partial charge in [0, 0.05) is 14.7 Å². The largest absolute Gasteiger partial charge is 0.391 e. The molecule has 0 unspecified atom stereocenters. The van der Waals surface area contributed by atoms with Crippen LogP contribution in [0.15, 0.2) is 32.9 Å². The highest BCUT2D eigenvalue weighted by Gasteiger charge is 2.21. The Hall–Kier alpha value is -1.03. The summed E-state index contributed by atoms with van der Waals surface area (Å²) in [5.41, 5.74) is -0.745. The Kier molecular flexibility index (Phi) is 4.43. The summed E-state index contributed by atoms with van der Waals surface area (Å²) in [6.07, 6.45) is 0. The first-order valence-corrected chi connectivity index (χ1v) is 8.34. The normalized spacial score (nSPS) is 11.6. The number of aliphatic hydroxyl groups excluding tert-OH is 1. The Balaban J connectivity index is 2.38. The highest BCUT2D eigenvalue weighted by Crippen LogP contribution is 2.27. The van der Waals surface area contributed by atoms with Crippen LogP contribution in [-0.2, 0) is 16.6 Å². The lowest BCUT2D eigenvalue weighted by Crippen LogP contribution is -2.14. The quantitative estimate of drug-likeness (QED) is 0.852. The van der Waals surface area contributed by atoms with Gasteiger partial charge in [-0.15, -0.1) is 11.3 Å². The zero-order chi connectivity index (χ0) is 14.9. The number of sulfonamides is 1. The SMILES string of the molecule is O=S(=O)(Nc1c(F)cc(Br)cc1F)c1csc(CO)c1. The van der Waals surface area contributed by atoms with Crippen LogP contribution in [0, 0.1) is 11.6 Å². The van der Waals surface area contributed by atoms with Gasteiger partial charge in [0.2, 0.25) is 0 Å². The Morgan fingerprint density at radius 2 is 1.85 bits per heavy atom. The van der Waals surface area contributed by atoms with Gasteiger partial charge in [0.1, 0.15) is 5.69 Å². The van der Waals surface area contributed by atoms with Gasteiger partial charge in [-0.3, -0.25) is 4.72 Å². The second-order valence-corrected chi connectivity index (χ2v) is 7.35. The summed E-state index contributed by atoms with van der Waals surface area (Å²) in [4.78, 5) is 0.274. The highest BCUT2D eigenvalue weighted by atomic mass is 79.9. The summed E-state index contributed by atoms with van der Waals surface area (Å²) >= 11 is 3.93. The molecule has 2 N–H and O–H groups in total. The van der Waals surface area contributed by atoms with Crippen LogP contribution in [0.25, 0.3) is 0 Å². The zero-order valence-corrected chi connectivity index (χ0v) is 12.9. The number of halogens is 3. The van der Waals surface area contributed by atoms with Crippen molar-refractivity contribution in [1.29, 1.82) is 0 Å². The van der Waals surface area contributed by atoms with E-state index in [4.69, 9.17) is 5.11 Å². The minimum Gasteiger partial charge on any atom is -0.391 e. The third-order valence-electron chi connectivity index (χ3n) is 2.34. The lowest BCUT2D eigenvalue weighted by Gasteiger charge is -2.09. The van der Waals surface area contributed by atoms with Crippen molar-refractivity contribution in [2.24, 2.45) is 0 Å². The molecule has 9 heteroatoms. The predicted octanol–water partition coefficient (Wildman–Crippen LogP) is 3.08. The van der Waals surface area contributed by atoms with E-state index in [-0.39, 0.29) is 16.0 Å². The molecule has 0 radical (unpaired) electrons. The van der Waals surface area contributed by atoms with Gasteiger partial charge in [-0.2, -0.15) is 0 Å². The molecular weight excluding hydrogens is 376 g/mol. The topological polar surface area (TPSA) is 66.4 Å². The fourth-order valence-electron chi connectivity index (χ4n) is 1.42. The third-order valence-corrected chi connectivity index (χ3v) is 5.20. The number of hydrogen-bond acceptors (Lipinski definition) is 4. The van der Waals surface area contributed by atoms with E-state index in [0.717, 1.165) is 23.5 Å². The molecular formula is C11H8BrF2NO3S2. The second kappa shape index (κ2) is 5.76. The smallest absolute Gasteiger partial charge is 0.262 e. The molecule has 0 aliphatic heterocycles. The number of anilines is 1. The lowest BCUT2D eigenvalue weighted by molar-refractivity contribution is 0.285. The first-order chi connectivity index (χ1) is 9.33. The van der Waals surface area contributed by atoms with Crippen LogP contribution in [0.3, 0.4) is 0 Å². The van der Waals surface area contributed by atoms with Crippen molar-refractivity contribution in [3.05, 3.63) is 44.6 Å². The summed E-state index contributed by atoms with van der Waals surface area (Å²) < 4.78 is 53.2. The number of hydrogen-bond donors (Lipinski definition) is 2. The van der Waals surface area contributed by atoms with Gasteiger partial charge in [-0.1, -0.05) is 15.9 Å². The van der Waals surface area contributed by atoms with Gasteiger partial charge < -0.3 is 5.11 Å². The number of nitrogens with one attached hydrogen (secondary N) is 1. The molecule has 20 heavy (non-hydrogen) atoms. The third kappa shape index (κ3) is 3.17. The molecule has 0 bridgehead atoms. The second-order valence-electron chi connectivity index (χ2n) is 3.76. The van der Waals surface area contributed by atoms with Crippen molar-refractivity contribution < 1.29 is 22.3 Å². The standard InChI is InChI=1S/C11H8BrF2NO3S2/c12-6-1-9(13)11(10(14)2-6)15-20(17,18)8-3-7(4-16)19-5-8/h1-3,5,15-16H,4H2. The Morgan fingerprint density at radius 1 is 1.25 bits per heavy atom. The molecule has 0 aliphatic carbocycles. The fourth-order valence-corrected chi connectivity index (χ4v) is 4.03. The van der Waals surface area contributed by atoms with E-state index in [1.54, 1.807) is 0 Å². The molecule has 4 nitrogen and oxygen atoms in total. The van der Waals surface area contributed by atoms with E-state index < -0.39 is 27.3 Å². The number of benzene rings is 1. The molecule has 1 aromatic carbocycles. The van der Waals surface area contributed by atoms with Crippen molar-refractivity contribution >= 4 is 43.0 Å². The van der Waals surface area contributed by atoms with Crippen molar-refractivity contribution in [2.75, 3.05) is 4.72 Å². The van der Waals surface area contributed by atoms with Crippen LogP contribution >= 0.6 is 27.3 Å². The molecule has 0 aliphatic rings. The first-order valence-electron chi connectivity index (χ1n) is 5.19. The first kappa shape index (κ1) is 15.4. The molecule has 0 saturated heterocycles. The predicted molar refractivity (Wildman–Crippen MR) is 75.1 cm³/mol. The number of thiophene rings is 1. The van der Waals surface area contributed by atoms with E-state index in [2.05, 4.69) is 15.9 Å². The van der Waals surface area contributed by atoms with E-state index in [1.165, 1.54) is 11.4 Å².